The van der Waals surface area contributed by atoms with Gasteiger partial charge in [0.1, 0.15) is 0 Å². The van der Waals surface area contributed by atoms with Gasteiger partial charge in [-0.2, -0.15) is 0 Å². The van der Waals surface area contributed by atoms with Gasteiger partial charge in [-0.1, -0.05) is 29.8 Å². The van der Waals surface area contributed by atoms with Crippen molar-refractivity contribution in [1.29, 1.82) is 0 Å². The fraction of sp³-hybridized carbons (Fsp3) is 0.200. The van der Waals surface area contributed by atoms with E-state index >= 15 is 0 Å². The minimum Gasteiger partial charge on any atom is -0.550 e. The first-order chi connectivity index (χ1) is 8.99. The Balaban J connectivity index is 0.00000200. The molecule has 1 aromatic carbocycles. The van der Waals surface area contributed by atoms with Crippen molar-refractivity contribution in [3.8, 4) is 0 Å². The smallest absolute Gasteiger partial charge is 0.550 e. The first-order valence-corrected chi connectivity index (χ1v) is 5.95. The fourth-order valence-corrected chi connectivity index (χ4v) is 1.96. The maximum atomic E-state index is 12.3. The number of carboxylic acids is 1. The largest absolute Gasteiger partial charge is 1.00 e. The molecule has 1 heterocycles. The molecular weight excluding hydrogens is 281 g/mol. The van der Waals surface area contributed by atoms with Crippen molar-refractivity contribution in [1.82, 2.24) is 4.57 Å². The summed E-state index contributed by atoms with van der Waals surface area (Å²) >= 11 is 0. The molecule has 0 atom stereocenters. The van der Waals surface area contributed by atoms with E-state index in [0.717, 1.165) is 5.56 Å². The molecule has 0 aliphatic rings. The number of hydrogen-bond acceptors (Lipinski definition) is 3. The summed E-state index contributed by atoms with van der Waals surface area (Å²) in [5.74, 6) is -1.28. The van der Waals surface area contributed by atoms with Gasteiger partial charge in [-0.3, -0.25) is 4.79 Å². The van der Waals surface area contributed by atoms with Crippen molar-refractivity contribution < 1.29 is 66.1 Å². The molecule has 1 aromatic heterocycles. The van der Waals surface area contributed by atoms with E-state index in [1.807, 2.05) is 19.1 Å². The number of carbonyl (C=O) groups is 2. The minimum absolute atomic E-state index is 0. The Labute approximate surface area is 160 Å². The van der Waals surface area contributed by atoms with Gasteiger partial charge >= 0.3 is 51.4 Å². The topological polar surface area (TPSA) is 62.1 Å². The molecule has 0 N–H and O–H groups in total. The Kier molecular flexibility index (Phi) is 6.35. The second-order valence-electron chi connectivity index (χ2n) is 4.51. The molecule has 0 bridgehead atoms. The zero-order valence-corrected chi connectivity index (χ0v) is 15.0. The van der Waals surface area contributed by atoms with Crippen molar-refractivity contribution in [2.45, 2.75) is 13.3 Å². The van der Waals surface area contributed by atoms with Gasteiger partial charge < -0.3 is 14.5 Å². The third-order valence-electron chi connectivity index (χ3n) is 3.10. The van der Waals surface area contributed by atoms with Crippen LogP contribution in [0.25, 0.3) is 0 Å². The van der Waals surface area contributed by atoms with Crippen LogP contribution in [0.15, 0.2) is 36.4 Å². The van der Waals surface area contributed by atoms with E-state index in [2.05, 4.69) is 0 Å². The molecule has 2 aromatic rings. The maximum absolute atomic E-state index is 12.3. The first kappa shape index (κ1) is 17.3. The Morgan fingerprint density at radius 3 is 2.25 bits per heavy atom. The van der Waals surface area contributed by atoms with Crippen LogP contribution in [0.3, 0.4) is 0 Å². The van der Waals surface area contributed by atoms with Crippen LogP contribution in [-0.2, 0) is 18.3 Å². The van der Waals surface area contributed by atoms with Crippen molar-refractivity contribution >= 4 is 11.8 Å². The van der Waals surface area contributed by atoms with Crippen LogP contribution >= 0.6 is 0 Å². The number of nitrogens with zero attached hydrogens (tertiary/aromatic N) is 1. The van der Waals surface area contributed by atoms with Gasteiger partial charge in [0.2, 0.25) is 5.78 Å². The van der Waals surface area contributed by atoms with Gasteiger partial charge in [-0.15, -0.1) is 0 Å². The standard InChI is InChI=1S/C15H15NO3.K/c1-10-3-5-11(6-4-10)15(19)13-8-7-12(16(13)2)9-14(17)18;/h3-8H,9H2,1-2H3,(H,17,18);/q;+1/p-1. The molecule has 98 valence electrons. The minimum atomic E-state index is -1.16. The molecule has 20 heavy (non-hydrogen) atoms. The summed E-state index contributed by atoms with van der Waals surface area (Å²) in [7, 11) is 1.68. The van der Waals surface area contributed by atoms with E-state index in [1.165, 1.54) is 0 Å². The van der Waals surface area contributed by atoms with Crippen LogP contribution in [-0.4, -0.2) is 16.3 Å². The summed E-state index contributed by atoms with van der Waals surface area (Å²) in [6.07, 6.45) is -0.197. The Hall–Kier alpha value is -0.724. The number of hydrogen-bond donors (Lipinski definition) is 0. The number of aryl methyl sites for hydroxylation is 1. The maximum Gasteiger partial charge on any atom is 1.00 e. The summed E-state index contributed by atoms with van der Waals surface area (Å²) in [6, 6.07) is 10.6. The second kappa shape index (κ2) is 7.33. The Bertz CT molecular complexity index is 629. The summed E-state index contributed by atoms with van der Waals surface area (Å²) in [5, 5.41) is 10.6. The van der Waals surface area contributed by atoms with Gasteiger partial charge in [0.25, 0.3) is 0 Å². The van der Waals surface area contributed by atoms with Gasteiger partial charge in [0, 0.05) is 30.7 Å². The quantitative estimate of drug-likeness (QED) is 0.478. The average Bonchev–Trinajstić information content (AvgIpc) is 2.70. The van der Waals surface area contributed by atoms with E-state index in [-0.39, 0.29) is 63.6 Å². The first-order valence-electron chi connectivity index (χ1n) is 5.95. The molecule has 0 aliphatic heterocycles. The zero-order chi connectivity index (χ0) is 14.0. The molecule has 0 radical (unpaired) electrons. The predicted octanol–water partition coefficient (Wildman–Crippen LogP) is -2.14. The van der Waals surface area contributed by atoms with Gasteiger partial charge in [0.05, 0.1) is 5.69 Å². The number of carboxylic acid groups (broad SMARTS) is 1. The van der Waals surface area contributed by atoms with Crippen molar-refractivity contribution in [3.05, 3.63) is 58.9 Å². The third kappa shape index (κ3) is 3.90. The monoisotopic (exact) mass is 295 g/mol. The molecule has 0 amide bonds. The SMILES string of the molecule is Cc1ccc(C(=O)c2ccc(CC(=O)[O-])n2C)cc1.[K+]. The second-order valence-corrected chi connectivity index (χ2v) is 4.51. The summed E-state index contributed by atoms with van der Waals surface area (Å²) in [6.45, 7) is 1.95. The molecule has 0 aliphatic carbocycles. The molecule has 4 nitrogen and oxygen atoms in total. The number of rotatable bonds is 4. The summed E-state index contributed by atoms with van der Waals surface area (Å²) in [4.78, 5) is 22.9. The number of aliphatic carboxylic acids is 1. The van der Waals surface area contributed by atoms with E-state index in [0.29, 0.717) is 17.0 Å². The number of aromatic nitrogens is 1. The zero-order valence-electron chi connectivity index (χ0n) is 11.8. The van der Waals surface area contributed by atoms with Crippen LogP contribution in [0.1, 0.15) is 27.3 Å². The number of benzene rings is 1. The van der Waals surface area contributed by atoms with Crippen molar-refractivity contribution in [2.24, 2.45) is 7.05 Å². The molecule has 5 heteroatoms. The van der Waals surface area contributed by atoms with Crippen molar-refractivity contribution in [2.75, 3.05) is 0 Å². The molecule has 0 unspecified atom stereocenters. The molecule has 0 spiro atoms. The van der Waals surface area contributed by atoms with Crippen molar-refractivity contribution in [3.63, 3.8) is 0 Å². The fourth-order valence-electron chi connectivity index (χ4n) is 1.96. The Morgan fingerprint density at radius 2 is 1.70 bits per heavy atom. The number of ketones is 1. The van der Waals surface area contributed by atoms with Crippen LogP contribution in [0, 0.1) is 6.92 Å². The molecule has 0 saturated heterocycles. The third-order valence-corrected chi connectivity index (χ3v) is 3.10. The van der Waals surface area contributed by atoms with Crippen LogP contribution in [0.4, 0.5) is 0 Å². The van der Waals surface area contributed by atoms with E-state index in [1.54, 1.807) is 35.9 Å². The normalized spacial score (nSPS) is 9.90. The molecular formula is C15H14KNO3. The molecule has 0 fully saturated rings. The Morgan fingerprint density at radius 1 is 1.10 bits per heavy atom. The summed E-state index contributed by atoms with van der Waals surface area (Å²) in [5.41, 5.74) is 2.70. The van der Waals surface area contributed by atoms with Crippen LogP contribution in [0.5, 0.6) is 0 Å². The predicted molar refractivity (Wildman–Crippen MR) is 68.7 cm³/mol. The van der Waals surface area contributed by atoms with Crippen LogP contribution < -0.4 is 56.5 Å². The molecule has 0 saturated carbocycles. The van der Waals surface area contributed by atoms with E-state index in [4.69, 9.17) is 0 Å². The average molecular weight is 295 g/mol. The number of carbonyl (C=O) groups excluding carboxylic acids is 2. The van der Waals surface area contributed by atoms with Crippen LogP contribution in [0.2, 0.25) is 0 Å². The van der Waals surface area contributed by atoms with Gasteiger partial charge in [-0.05, 0) is 19.1 Å². The molecule has 2 rings (SSSR count). The van der Waals surface area contributed by atoms with E-state index < -0.39 is 5.97 Å². The van der Waals surface area contributed by atoms with Gasteiger partial charge in [-0.25, -0.2) is 0 Å². The summed E-state index contributed by atoms with van der Waals surface area (Å²) < 4.78 is 1.60. The van der Waals surface area contributed by atoms with Gasteiger partial charge in [0.15, 0.2) is 0 Å². The van der Waals surface area contributed by atoms with E-state index in [9.17, 15) is 14.7 Å².